The van der Waals surface area contributed by atoms with Crippen molar-refractivity contribution in [3.05, 3.63) is 0 Å². The van der Waals surface area contributed by atoms with Gasteiger partial charge in [0.25, 0.3) is 0 Å². The fraction of sp³-hybridized carbons (Fsp3) is 1.00. The summed E-state index contributed by atoms with van der Waals surface area (Å²) in [5, 5.41) is 0. The first-order valence-electron chi connectivity index (χ1n) is 3.94. The van der Waals surface area contributed by atoms with Gasteiger partial charge in [-0.1, -0.05) is 0 Å². The molecule has 12 heavy (non-hydrogen) atoms. The van der Waals surface area contributed by atoms with Crippen LogP contribution in [0.25, 0.3) is 0 Å². The molecule has 74 valence electrons. The molecule has 0 amide bonds. The lowest BCUT2D eigenvalue weighted by Gasteiger charge is -2.40. The number of hydrogen-bond donors (Lipinski definition) is 2. The molecule has 2 nitrogen and oxygen atoms in total. The van der Waals surface area contributed by atoms with E-state index in [1.807, 2.05) is 0 Å². The molecular weight excluding hydrogens is 209 g/mol. The summed E-state index contributed by atoms with van der Waals surface area (Å²) in [6, 6.07) is 0.695. The number of hydrogen-bond acceptors (Lipinski definition) is 4. The fourth-order valence-corrected chi connectivity index (χ4v) is 2.38. The van der Waals surface area contributed by atoms with Crippen LogP contribution in [-0.4, -0.2) is 21.4 Å². The van der Waals surface area contributed by atoms with E-state index in [1.165, 1.54) is 0 Å². The predicted molar refractivity (Wildman–Crippen MR) is 63.6 cm³/mol. The summed E-state index contributed by atoms with van der Waals surface area (Å²) < 4.78 is 4.28. The molecule has 1 atom stereocenters. The minimum Gasteiger partial charge on any atom is -0.326 e. The van der Waals surface area contributed by atoms with Gasteiger partial charge >= 0.3 is 0 Å². The SMILES string of the molecule is CC(C)N(C(C)C)C(S)(S)OP. The normalized spacial score (nSPS) is 13.5. The first-order chi connectivity index (χ1) is 5.33. The molecule has 0 aliphatic carbocycles. The summed E-state index contributed by atoms with van der Waals surface area (Å²) in [6.07, 6.45) is 0. The van der Waals surface area contributed by atoms with Gasteiger partial charge in [-0.25, -0.2) is 0 Å². The lowest BCUT2D eigenvalue weighted by Crippen LogP contribution is -2.49. The second kappa shape index (κ2) is 5.06. The highest BCUT2D eigenvalue weighted by Crippen LogP contribution is 2.32. The van der Waals surface area contributed by atoms with Crippen molar-refractivity contribution in [3.8, 4) is 0 Å². The molecule has 0 aromatic heterocycles. The van der Waals surface area contributed by atoms with E-state index in [4.69, 9.17) is 4.52 Å². The molecule has 5 heteroatoms. The average molecular weight is 227 g/mol. The predicted octanol–water partition coefficient (Wildman–Crippen LogP) is 2.38. The molecule has 0 bridgehead atoms. The number of nitrogens with zero attached hydrogens (tertiary/aromatic N) is 1. The molecule has 0 radical (unpaired) electrons. The van der Waals surface area contributed by atoms with Crippen molar-refractivity contribution in [3.63, 3.8) is 0 Å². The van der Waals surface area contributed by atoms with Crippen LogP contribution in [0.3, 0.4) is 0 Å². The van der Waals surface area contributed by atoms with Crippen LogP contribution in [0.4, 0.5) is 0 Å². The van der Waals surface area contributed by atoms with Crippen molar-refractivity contribution in [2.75, 3.05) is 0 Å². The summed E-state index contributed by atoms with van der Waals surface area (Å²) in [4.78, 5) is 2.06. The second-order valence-electron chi connectivity index (χ2n) is 3.29. The molecule has 0 saturated heterocycles. The summed E-state index contributed by atoms with van der Waals surface area (Å²) in [5.74, 6) is 0. The molecule has 1 unspecified atom stereocenters. The van der Waals surface area contributed by atoms with Gasteiger partial charge in [0.05, 0.1) is 0 Å². The molecular formula is C7H18NOPS2. The minimum atomic E-state index is -0.812. The van der Waals surface area contributed by atoms with Gasteiger partial charge in [-0.15, -0.1) is 25.3 Å². The van der Waals surface area contributed by atoms with Crippen molar-refractivity contribution in [2.24, 2.45) is 0 Å². The summed E-state index contributed by atoms with van der Waals surface area (Å²) in [7, 11) is 2.19. The number of rotatable bonds is 4. The lowest BCUT2D eigenvalue weighted by atomic mass is 10.2. The third-order valence-corrected chi connectivity index (χ3v) is 3.02. The van der Waals surface area contributed by atoms with E-state index in [0.29, 0.717) is 12.1 Å². The maximum atomic E-state index is 5.09. The highest BCUT2D eigenvalue weighted by molar-refractivity contribution is 8.00. The van der Waals surface area contributed by atoms with E-state index in [2.05, 4.69) is 67.3 Å². The molecule has 0 aromatic carbocycles. The van der Waals surface area contributed by atoms with E-state index >= 15 is 0 Å². The lowest BCUT2D eigenvalue weighted by molar-refractivity contribution is 0.0328. The maximum absolute atomic E-state index is 5.09. The monoisotopic (exact) mass is 227 g/mol. The Labute approximate surface area is 88.5 Å². The Balaban J connectivity index is 4.50. The minimum absolute atomic E-state index is 0.348. The van der Waals surface area contributed by atoms with Crippen molar-refractivity contribution in [1.29, 1.82) is 0 Å². The summed E-state index contributed by atoms with van der Waals surface area (Å²) in [5.41, 5.74) is 0. The van der Waals surface area contributed by atoms with Crippen molar-refractivity contribution < 1.29 is 4.52 Å². The average Bonchev–Trinajstić information content (AvgIpc) is 1.84. The van der Waals surface area contributed by atoms with Crippen LogP contribution in [-0.2, 0) is 4.52 Å². The molecule has 0 fully saturated rings. The Kier molecular flexibility index (Phi) is 5.50. The van der Waals surface area contributed by atoms with Crippen molar-refractivity contribution >= 4 is 34.7 Å². The third-order valence-electron chi connectivity index (χ3n) is 1.61. The van der Waals surface area contributed by atoms with E-state index < -0.39 is 4.39 Å². The van der Waals surface area contributed by atoms with Crippen molar-refractivity contribution in [2.45, 2.75) is 44.2 Å². The highest BCUT2D eigenvalue weighted by Gasteiger charge is 2.32. The second-order valence-corrected chi connectivity index (χ2v) is 5.09. The Morgan fingerprint density at radius 1 is 1.17 bits per heavy atom. The van der Waals surface area contributed by atoms with E-state index in [0.717, 1.165) is 0 Å². The topological polar surface area (TPSA) is 12.5 Å². The molecule has 0 rings (SSSR count). The first kappa shape index (κ1) is 13.1. The van der Waals surface area contributed by atoms with Crippen LogP contribution >= 0.6 is 34.7 Å². The molecule has 0 aliphatic heterocycles. The standard InChI is InChI=1S/C7H18NOPS2/c1-5(2)8(6(3)4)7(11,12)9-10/h5-6,11-12H,10H2,1-4H3. The van der Waals surface area contributed by atoms with Crippen LogP contribution in [0, 0.1) is 0 Å². The molecule has 0 heterocycles. The summed E-state index contributed by atoms with van der Waals surface area (Å²) in [6.45, 7) is 8.35. The Bertz CT molecular complexity index is 133. The van der Waals surface area contributed by atoms with E-state index in [9.17, 15) is 0 Å². The highest BCUT2D eigenvalue weighted by atomic mass is 32.2. The summed E-state index contributed by atoms with van der Waals surface area (Å²) >= 11 is 8.61. The quantitative estimate of drug-likeness (QED) is 0.435. The van der Waals surface area contributed by atoms with Gasteiger partial charge in [0.15, 0.2) is 0 Å². The Hall–Kier alpha value is 1.05. The zero-order valence-corrected chi connectivity index (χ0v) is 10.9. The third kappa shape index (κ3) is 3.43. The van der Waals surface area contributed by atoms with Crippen molar-refractivity contribution in [1.82, 2.24) is 4.90 Å². The van der Waals surface area contributed by atoms with Gasteiger partial charge in [-0.05, 0) is 27.7 Å². The van der Waals surface area contributed by atoms with Crippen LogP contribution in [0.2, 0.25) is 0 Å². The zero-order chi connectivity index (χ0) is 9.94. The molecule has 0 aliphatic rings. The smallest absolute Gasteiger partial charge is 0.216 e. The van der Waals surface area contributed by atoms with Gasteiger partial charge in [0.2, 0.25) is 4.39 Å². The molecule has 0 saturated carbocycles. The largest absolute Gasteiger partial charge is 0.326 e. The maximum Gasteiger partial charge on any atom is 0.216 e. The fourth-order valence-electron chi connectivity index (χ4n) is 1.33. The van der Waals surface area contributed by atoms with Crippen LogP contribution in [0.5, 0.6) is 0 Å². The zero-order valence-electron chi connectivity index (χ0n) is 7.98. The molecule has 0 N–H and O–H groups in total. The Morgan fingerprint density at radius 3 is 1.58 bits per heavy atom. The Morgan fingerprint density at radius 2 is 1.50 bits per heavy atom. The van der Waals surface area contributed by atoms with Gasteiger partial charge in [-0.3, -0.25) is 4.90 Å². The van der Waals surface area contributed by atoms with E-state index in [-0.39, 0.29) is 0 Å². The van der Waals surface area contributed by atoms with Crippen LogP contribution in [0.15, 0.2) is 0 Å². The van der Waals surface area contributed by atoms with E-state index in [1.54, 1.807) is 0 Å². The molecule has 0 aromatic rings. The van der Waals surface area contributed by atoms with Gasteiger partial charge in [0, 0.05) is 21.6 Å². The number of thiol groups is 2. The van der Waals surface area contributed by atoms with Crippen LogP contribution < -0.4 is 0 Å². The van der Waals surface area contributed by atoms with Gasteiger partial charge < -0.3 is 4.52 Å². The van der Waals surface area contributed by atoms with Gasteiger partial charge in [0.1, 0.15) is 0 Å². The van der Waals surface area contributed by atoms with Gasteiger partial charge in [-0.2, -0.15) is 0 Å². The van der Waals surface area contributed by atoms with Crippen LogP contribution in [0.1, 0.15) is 27.7 Å². The first-order valence-corrected chi connectivity index (χ1v) is 5.30. The molecule has 0 spiro atoms.